The number of para-hydroxylation sites is 2. The van der Waals surface area contributed by atoms with Gasteiger partial charge in [-0.1, -0.05) is 25.5 Å². The Morgan fingerprint density at radius 2 is 2.00 bits per heavy atom. The summed E-state index contributed by atoms with van der Waals surface area (Å²) in [5.41, 5.74) is 1.29. The maximum atomic E-state index is 13.2. The lowest BCUT2D eigenvalue weighted by Gasteiger charge is -2.26. The average Bonchev–Trinajstić information content (AvgIpc) is 3.14. The molecule has 0 spiro atoms. The highest BCUT2D eigenvalue weighted by Crippen LogP contribution is 2.15. The zero-order valence-electron chi connectivity index (χ0n) is 16.8. The van der Waals surface area contributed by atoms with Gasteiger partial charge < -0.3 is 14.6 Å². The largest absolute Gasteiger partial charge is 0.379 e. The summed E-state index contributed by atoms with van der Waals surface area (Å²) >= 11 is 0. The number of hydrogen-bond acceptors (Lipinski definition) is 5. The van der Waals surface area contributed by atoms with E-state index in [1.54, 1.807) is 10.6 Å². The van der Waals surface area contributed by atoms with Gasteiger partial charge in [-0.25, -0.2) is 9.38 Å². The third-order valence-corrected chi connectivity index (χ3v) is 5.34. The van der Waals surface area contributed by atoms with Crippen LogP contribution >= 0.6 is 0 Å². The molecule has 1 N–H and O–H groups in total. The molecule has 2 aromatic heterocycles. The number of carbonyl (C=O) groups is 1. The molecule has 1 saturated heterocycles. The quantitative estimate of drug-likeness (QED) is 0.612. The lowest BCUT2D eigenvalue weighted by Crippen LogP contribution is -2.39. The van der Waals surface area contributed by atoms with Gasteiger partial charge in [0.2, 0.25) is 5.78 Å². The van der Waals surface area contributed by atoms with Crippen molar-refractivity contribution in [3.63, 3.8) is 0 Å². The summed E-state index contributed by atoms with van der Waals surface area (Å²) in [5.74, 6) is 0.234. The first-order valence-corrected chi connectivity index (χ1v) is 10.3. The molecule has 0 bridgehead atoms. The number of unbranched alkanes of at least 4 members (excludes halogenated alkanes) is 1. The Balaban J connectivity index is 1.74. The number of ether oxygens (including phenoxy) is 1. The zero-order chi connectivity index (χ0) is 20.2. The predicted molar refractivity (Wildman–Crippen MR) is 111 cm³/mol. The lowest BCUT2D eigenvalue weighted by atomic mass is 10.2. The third kappa shape index (κ3) is 4.04. The highest BCUT2D eigenvalue weighted by Gasteiger charge is 2.19. The Morgan fingerprint density at radius 1 is 1.21 bits per heavy atom. The molecule has 0 saturated carbocycles. The number of amides is 1. The summed E-state index contributed by atoms with van der Waals surface area (Å²) in [6, 6.07) is 7.52. The molecule has 1 amide bonds. The average molecular weight is 397 g/mol. The molecule has 154 valence electrons. The fourth-order valence-electron chi connectivity index (χ4n) is 3.66. The molecule has 1 aliphatic heterocycles. The SMILES string of the molecule is CCCCNC(=O)c1cn(CCN2CCOCC2)c2nc3ccccc3n2c1=O. The van der Waals surface area contributed by atoms with Crippen LogP contribution in [0.5, 0.6) is 0 Å². The number of benzene rings is 1. The summed E-state index contributed by atoms with van der Waals surface area (Å²) in [6.07, 6.45) is 3.52. The van der Waals surface area contributed by atoms with Gasteiger partial charge in [0.1, 0.15) is 5.56 Å². The van der Waals surface area contributed by atoms with Crippen molar-refractivity contribution in [1.29, 1.82) is 0 Å². The van der Waals surface area contributed by atoms with Crippen molar-refractivity contribution in [2.45, 2.75) is 26.3 Å². The Hall–Kier alpha value is -2.71. The summed E-state index contributed by atoms with van der Waals surface area (Å²) in [6.45, 7) is 7.31. The van der Waals surface area contributed by atoms with E-state index >= 15 is 0 Å². The third-order valence-electron chi connectivity index (χ3n) is 5.34. The van der Waals surface area contributed by atoms with Crippen molar-refractivity contribution in [3.05, 3.63) is 46.4 Å². The number of hydrogen-bond donors (Lipinski definition) is 1. The van der Waals surface area contributed by atoms with Gasteiger partial charge in [-0.2, -0.15) is 0 Å². The van der Waals surface area contributed by atoms with E-state index < -0.39 is 0 Å². The molecule has 29 heavy (non-hydrogen) atoms. The van der Waals surface area contributed by atoms with Crippen LogP contribution in [0.1, 0.15) is 30.1 Å². The van der Waals surface area contributed by atoms with Crippen molar-refractivity contribution in [1.82, 2.24) is 24.2 Å². The van der Waals surface area contributed by atoms with Gasteiger partial charge in [0.15, 0.2) is 0 Å². The van der Waals surface area contributed by atoms with Crippen molar-refractivity contribution >= 4 is 22.7 Å². The van der Waals surface area contributed by atoms with Crippen LogP contribution in [0.4, 0.5) is 0 Å². The first-order chi connectivity index (χ1) is 14.2. The first-order valence-electron chi connectivity index (χ1n) is 10.3. The molecular formula is C21H27N5O3. The van der Waals surface area contributed by atoms with Crippen LogP contribution in [0, 0.1) is 0 Å². The Bertz CT molecular complexity index is 1070. The summed E-state index contributed by atoms with van der Waals surface area (Å²) in [4.78, 5) is 32.9. The fraction of sp³-hybridized carbons (Fsp3) is 0.476. The van der Waals surface area contributed by atoms with E-state index in [1.807, 2.05) is 28.8 Å². The van der Waals surface area contributed by atoms with E-state index in [9.17, 15) is 9.59 Å². The van der Waals surface area contributed by atoms with Crippen molar-refractivity contribution in [2.75, 3.05) is 39.4 Å². The van der Waals surface area contributed by atoms with Crippen molar-refractivity contribution in [3.8, 4) is 0 Å². The van der Waals surface area contributed by atoms with E-state index in [0.29, 0.717) is 18.9 Å². The first kappa shape index (κ1) is 19.6. The topological polar surface area (TPSA) is 80.9 Å². The molecule has 4 rings (SSSR count). The van der Waals surface area contributed by atoms with Gasteiger partial charge in [-0.15, -0.1) is 0 Å². The number of imidazole rings is 1. The van der Waals surface area contributed by atoms with E-state index in [0.717, 1.165) is 56.7 Å². The van der Waals surface area contributed by atoms with E-state index in [2.05, 4.69) is 22.1 Å². The highest BCUT2D eigenvalue weighted by atomic mass is 16.5. The van der Waals surface area contributed by atoms with E-state index in [1.165, 1.54) is 0 Å². The smallest absolute Gasteiger partial charge is 0.272 e. The van der Waals surface area contributed by atoms with Gasteiger partial charge in [-0.3, -0.25) is 14.5 Å². The molecule has 0 aliphatic carbocycles. The predicted octanol–water partition coefficient (Wildman–Crippen LogP) is 1.51. The number of nitrogens with zero attached hydrogens (tertiary/aromatic N) is 4. The molecular weight excluding hydrogens is 370 g/mol. The minimum atomic E-state index is -0.330. The number of carbonyl (C=O) groups excluding carboxylic acids is 1. The van der Waals surface area contributed by atoms with Crippen LogP contribution in [0.15, 0.2) is 35.3 Å². The molecule has 1 aromatic carbocycles. The molecule has 1 fully saturated rings. The second kappa shape index (κ2) is 8.75. The normalized spacial score (nSPS) is 15.2. The Kier molecular flexibility index (Phi) is 5.92. The Labute approximate surface area is 169 Å². The number of aromatic nitrogens is 3. The molecule has 0 radical (unpaired) electrons. The van der Waals surface area contributed by atoms with E-state index in [4.69, 9.17) is 4.74 Å². The number of rotatable bonds is 7. The minimum Gasteiger partial charge on any atom is -0.379 e. The van der Waals surface area contributed by atoms with Gasteiger partial charge in [0, 0.05) is 38.9 Å². The fourth-order valence-corrected chi connectivity index (χ4v) is 3.66. The molecule has 0 unspecified atom stereocenters. The van der Waals surface area contributed by atoms with Gasteiger partial charge in [0.05, 0.1) is 24.2 Å². The standard InChI is InChI=1S/C21H27N5O3/c1-2-3-8-22-19(27)16-15-25(10-9-24-11-13-29-14-12-24)21-23-17-6-4-5-7-18(17)26(21)20(16)28/h4-7,15H,2-3,8-14H2,1H3,(H,22,27). The second-order valence-corrected chi connectivity index (χ2v) is 7.34. The minimum absolute atomic E-state index is 0.152. The summed E-state index contributed by atoms with van der Waals surface area (Å²) in [5, 5.41) is 2.87. The molecule has 8 nitrogen and oxygen atoms in total. The summed E-state index contributed by atoms with van der Waals surface area (Å²) in [7, 11) is 0. The van der Waals surface area contributed by atoms with Crippen LogP contribution < -0.4 is 10.9 Å². The Morgan fingerprint density at radius 3 is 2.79 bits per heavy atom. The van der Waals surface area contributed by atoms with Crippen LogP contribution in [0.25, 0.3) is 16.8 Å². The monoisotopic (exact) mass is 397 g/mol. The number of morpholine rings is 1. The van der Waals surface area contributed by atoms with Crippen LogP contribution in [0.2, 0.25) is 0 Å². The highest BCUT2D eigenvalue weighted by molar-refractivity contribution is 5.94. The molecule has 0 atom stereocenters. The molecule has 3 heterocycles. The van der Waals surface area contributed by atoms with Gasteiger partial charge in [0.25, 0.3) is 11.5 Å². The van der Waals surface area contributed by atoms with E-state index in [-0.39, 0.29) is 17.0 Å². The van der Waals surface area contributed by atoms with Crippen LogP contribution in [0.3, 0.4) is 0 Å². The maximum Gasteiger partial charge on any atom is 0.272 e. The number of fused-ring (bicyclic) bond motifs is 3. The molecule has 3 aromatic rings. The summed E-state index contributed by atoms with van der Waals surface area (Å²) < 4.78 is 8.90. The second-order valence-electron chi connectivity index (χ2n) is 7.34. The zero-order valence-corrected chi connectivity index (χ0v) is 16.8. The molecule has 8 heteroatoms. The van der Waals surface area contributed by atoms with Crippen molar-refractivity contribution < 1.29 is 9.53 Å². The van der Waals surface area contributed by atoms with Crippen LogP contribution in [-0.4, -0.2) is 64.2 Å². The van der Waals surface area contributed by atoms with Gasteiger partial charge in [-0.05, 0) is 18.6 Å². The molecule has 1 aliphatic rings. The van der Waals surface area contributed by atoms with Crippen molar-refractivity contribution in [2.24, 2.45) is 0 Å². The number of nitrogens with one attached hydrogen (secondary N) is 1. The van der Waals surface area contributed by atoms with Crippen LogP contribution in [-0.2, 0) is 11.3 Å². The maximum absolute atomic E-state index is 13.2. The van der Waals surface area contributed by atoms with Gasteiger partial charge >= 0.3 is 0 Å². The lowest BCUT2D eigenvalue weighted by molar-refractivity contribution is 0.0364.